The van der Waals surface area contributed by atoms with Crippen molar-refractivity contribution in [2.75, 3.05) is 13.1 Å². The molecule has 110 valence electrons. The number of carbonyl (C=O) groups is 3. The predicted molar refractivity (Wildman–Crippen MR) is 68.7 cm³/mol. The summed E-state index contributed by atoms with van der Waals surface area (Å²) in [6, 6.07) is -1.01. The Bertz CT molecular complexity index is 349. The molecule has 0 spiro atoms. The Hall–Kier alpha value is -1.63. The summed E-state index contributed by atoms with van der Waals surface area (Å²) >= 11 is 0. The number of carbonyl (C=O) groups excluding carboxylic acids is 2. The quantitative estimate of drug-likeness (QED) is 0.771. The van der Waals surface area contributed by atoms with Crippen LogP contribution in [0.15, 0.2) is 0 Å². The molecule has 0 rings (SSSR count). The van der Waals surface area contributed by atoms with Gasteiger partial charge < -0.3 is 15.2 Å². The molecule has 2 N–H and O–H groups in total. The topological polar surface area (TPSA) is 95.9 Å². The first-order valence-corrected chi connectivity index (χ1v) is 6.05. The van der Waals surface area contributed by atoms with Gasteiger partial charge in [-0.05, 0) is 27.3 Å². The SMILES string of the molecule is CCNC(CN(C(C)=O)C(=O)OC(C)(C)C)C(=O)O. The lowest BCUT2D eigenvalue weighted by Gasteiger charge is -2.27. The molecule has 0 fully saturated rings. The maximum Gasteiger partial charge on any atom is 0.417 e. The molecule has 0 radical (unpaired) electrons. The number of rotatable bonds is 5. The predicted octanol–water partition coefficient (Wildman–Crippen LogP) is 0.833. The maximum atomic E-state index is 11.8. The van der Waals surface area contributed by atoms with Gasteiger partial charge in [-0.2, -0.15) is 0 Å². The number of carboxylic acid groups (broad SMARTS) is 1. The molecule has 0 aliphatic carbocycles. The summed E-state index contributed by atoms with van der Waals surface area (Å²) in [5.74, 6) is -1.69. The minimum absolute atomic E-state index is 0.270. The molecule has 0 aromatic carbocycles. The minimum atomic E-state index is -1.13. The molecule has 0 saturated heterocycles. The summed E-state index contributed by atoms with van der Waals surface area (Å²) in [5, 5.41) is 11.7. The number of nitrogens with one attached hydrogen (secondary N) is 1. The van der Waals surface area contributed by atoms with E-state index in [1.54, 1.807) is 27.7 Å². The van der Waals surface area contributed by atoms with Gasteiger partial charge in [0.15, 0.2) is 0 Å². The molecule has 7 nitrogen and oxygen atoms in total. The summed E-state index contributed by atoms with van der Waals surface area (Å²) in [6.45, 7) is 8.08. The van der Waals surface area contributed by atoms with E-state index in [-0.39, 0.29) is 6.54 Å². The van der Waals surface area contributed by atoms with E-state index in [9.17, 15) is 14.4 Å². The maximum absolute atomic E-state index is 11.8. The summed E-state index contributed by atoms with van der Waals surface area (Å²) in [4.78, 5) is 35.0. The average Bonchev–Trinajstić information content (AvgIpc) is 2.20. The largest absolute Gasteiger partial charge is 0.480 e. The standard InChI is InChI=1S/C12H22N2O5/c1-6-13-9(10(16)17)7-14(8(2)15)11(18)19-12(3,4)5/h9,13H,6-7H2,1-5H3,(H,16,17). The fourth-order valence-electron chi connectivity index (χ4n) is 1.31. The zero-order valence-electron chi connectivity index (χ0n) is 12.0. The monoisotopic (exact) mass is 274 g/mol. The van der Waals surface area contributed by atoms with Crippen LogP contribution in [0.5, 0.6) is 0 Å². The third kappa shape index (κ3) is 6.76. The number of hydrogen-bond acceptors (Lipinski definition) is 5. The first-order chi connectivity index (χ1) is 8.58. The van der Waals surface area contributed by atoms with Gasteiger partial charge in [0.1, 0.15) is 11.6 Å². The number of ether oxygens (including phenoxy) is 1. The number of aliphatic carboxylic acids is 1. The highest BCUT2D eigenvalue weighted by Gasteiger charge is 2.29. The van der Waals surface area contributed by atoms with Crippen molar-refractivity contribution >= 4 is 18.0 Å². The molecule has 0 saturated carbocycles. The Balaban J connectivity index is 4.87. The van der Waals surface area contributed by atoms with Crippen LogP contribution in [0.25, 0.3) is 0 Å². The third-order valence-electron chi connectivity index (χ3n) is 2.11. The van der Waals surface area contributed by atoms with Crippen LogP contribution in [-0.2, 0) is 14.3 Å². The second-order valence-corrected chi connectivity index (χ2v) is 5.06. The van der Waals surface area contributed by atoms with Gasteiger partial charge in [0, 0.05) is 6.92 Å². The highest BCUT2D eigenvalue weighted by molar-refractivity contribution is 5.91. The molecule has 0 aliphatic rings. The Morgan fingerprint density at radius 2 is 1.84 bits per heavy atom. The Morgan fingerprint density at radius 1 is 1.32 bits per heavy atom. The van der Waals surface area contributed by atoms with E-state index in [0.29, 0.717) is 6.54 Å². The van der Waals surface area contributed by atoms with Gasteiger partial charge in [0.05, 0.1) is 6.54 Å². The number of hydrogen-bond donors (Lipinski definition) is 2. The zero-order valence-corrected chi connectivity index (χ0v) is 12.0. The summed E-state index contributed by atoms with van der Waals surface area (Å²) in [7, 11) is 0. The highest BCUT2D eigenvalue weighted by Crippen LogP contribution is 2.10. The highest BCUT2D eigenvalue weighted by atomic mass is 16.6. The second kappa shape index (κ2) is 7.08. The zero-order chi connectivity index (χ0) is 15.2. The first kappa shape index (κ1) is 17.4. The fourth-order valence-corrected chi connectivity index (χ4v) is 1.31. The van der Waals surface area contributed by atoms with Crippen LogP contribution in [0, 0.1) is 0 Å². The third-order valence-corrected chi connectivity index (χ3v) is 2.11. The average molecular weight is 274 g/mol. The lowest BCUT2D eigenvalue weighted by molar-refractivity contribution is -0.140. The number of amides is 2. The molecule has 0 aliphatic heterocycles. The lowest BCUT2D eigenvalue weighted by atomic mass is 10.2. The van der Waals surface area contributed by atoms with E-state index in [4.69, 9.17) is 9.84 Å². The van der Waals surface area contributed by atoms with Crippen LogP contribution in [0.2, 0.25) is 0 Å². The summed E-state index contributed by atoms with van der Waals surface area (Å²) in [6.07, 6.45) is -0.843. The van der Waals surface area contributed by atoms with E-state index in [1.165, 1.54) is 6.92 Å². The molecule has 19 heavy (non-hydrogen) atoms. The molecule has 0 aromatic rings. The molecule has 7 heteroatoms. The first-order valence-electron chi connectivity index (χ1n) is 6.05. The van der Waals surface area contributed by atoms with E-state index >= 15 is 0 Å². The van der Waals surface area contributed by atoms with E-state index in [2.05, 4.69) is 5.32 Å². The normalized spacial score (nSPS) is 12.7. The number of nitrogens with zero attached hydrogens (tertiary/aromatic N) is 1. The van der Waals surface area contributed by atoms with Crippen LogP contribution in [-0.4, -0.2) is 52.7 Å². The van der Waals surface area contributed by atoms with Gasteiger partial charge in [-0.25, -0.2) is 9.69 Å². The van der Waals surface area contributed by atoms with Gasteiger partial charge in [-0.15, -0.1) is 0 Å². The molecule has 0 heterocycles. The molecular weight excluding hydrogens is 252 g/mol. The fraction of sp³-hybridized carbons (Fsp3) is 0.750. The Labute approximate surface area is 112 Å². The molecule has 0 aromatic heterocycles. The second-order valence-electron chi connectivity index (χ2n) is 5.06. The van der Waals surface area contributed by atoms with Crippen molar-refractivity contribution in [2.24, 2.45) is 0 Å². The van der Waals surface area contributed by atoms with Crippen molar-refractivity contribution in [1.29, 1.82) is 0 Å². The summed E-state index contributed by atoms with van der Waals surface area (Å²) < 4.78 is 5.07. The van der Waals surface area contributed by atoms with Gasteiger partial charge in [-0.1, -0.05) is 6.92 Å². The van der Waals surface area contributed by atoms with Crippen LogP contribution >= 0.6 is 0 Å². The van der Waals surface area contributed by atoms with Crippen molar-refractivity contribution in [1.82, 2.24) is 10.2 Å². The molecule has 1 unspecified atom stereocenters. The van der Waals surface area contributed by atoms with Gasteiger partial charge in [-0.3, -0.25) is 9.59 Å². The van der Waals surface area contributed by atoms with Crippen molar-refractivity contribution in [2.45, 2.75) is 46.3 Å². The smallest absolute Gasteiger partial charge is 0.417 e. The molecule has 1 atom stereocenters. The van der Waals surface area contributed by atoms with Crippen molar-refractivity contribution in [3.05, 3.63) is 0 Å². The van der Waals surface area contributed by atoms with Crippen LogP contribution in [0.3, 0.4) is 0 Å². The Kier molecular flexibility index (Phi) is 6.47. The van der Waals surface area contributed by atoms with Crippen molar-refractivity contribution < 1.29 is 24.2 Å². The Morgan fingerprint density at radius 3 is 2.16 bits per heavy atom. The van der Waals surface area contributed by atoms with Crippen LogP contribution in [0.4, 0.5) is 4.79 Å². The van der Waals surface area contributed by atoms with E-state index in [1.807, 2.05) is 0 Å². The summed E-state index contributed by atoms with van der Waals surface area (Å²) in [5.41, 5.74) is -0.748. The van der Waals surface area contributed by atoms with Gasteiger partial charge in [0.25, 0.3) is 0 Å². The van der Waals surface area contributed by atoms with Crippen LogP contribution in [0.1, 0.15) is 34.6 Å². The van der Waals surface area contributed by atoms with E-state index < -0.39 is 29.6 Å². The van der Waals surface area contributed by atoms with Gasteiger partial charge >= 0.3 is 12.1 Å². The minimum Gasteiger partial charge on any atom is -0.480 e. The number of imide groups is 1. The molecule has 0 bridgehead atoms. The van der Waals surface area contributed by atoms with E-state index in [0.717, 1.165) is 4.90 Å². The van der Waals surface area contributed by atoms with Crippen molar-refractivity contribution in [3.8, 4) is 0 Å². The number of likely N-dealkylation sites (N-methyl/N-ethyl adjacent to an activating group) is 1. The number of carboxylic acids is 1. The molecule has 2 amide bonds. The molecular formula is C12H22N2O5. The van der Waals surface area contributed by atoms with Crippen LogP contribution < -0.4 is 5.32 Å². The van der Waals surface area contributed by atoms with Crippen molar-refractivity contribution in [3.63, 3.8) is 0 Å². The lowest BCUT2D eigenvalue weighted by Crippen LogP contribution is -2.50. The van der Waals surface area contributed by atoms with Gasteiger partial charge in [0.2, 0.25) is 5.91 Å².